The van der Waals surface area contributed by atoms with Gasteiger partial charge in [-0.15, -0.1) is 0 Å². The minimum atomic E-state index is 0.299. The van der Waals surface area contributed by atoms with Gasteiger partial charge in [0.1, 0.15) is 5.75 Å². The van der Waals surface area contributed by atoms with Gasteiger partial charge in [0.2, 0.25) is 0 Å². The standard InChI is InChI=1S/C28H34N2O/c1-31-27-19-11-8-16-24(27)20-29-21-26(30-25-17-9-10-18-25)28(22-12-4-2-5-13-22)23-14-6-3-7-15-23/h2-8,11-16,19,25-26,28-30H,9-10,17-18,20-21H2,1H3. The zero-order chi connectivity index (χ0) is 21.3. The van der Waals surface area contributed by atoms with E-state index in [1.54, 1.807) is 7.11 Å². The molecule has 0 bridgehead atoms. The molecular weight excluding hydrogens is 380 g/mol. The summed E-state index contributed by atoms with van der Waals surface area (Å²) < 4.78 is 5.54. The molecule has 162 valence electrons. The summed E-state index contributed by atoms with van der Waals surface area (Å²) in [6, 6.07) is 31.1. The zero-order valence-corrected chi connectivity index (χ0v) is 18.5. The summed E-state index contributed by atoms with van der Waals surface area (Å²) in [5.74, 6) is 1.24. The van der Waals surface area contributed by atoms with E-state index in [9.17, 15) is 0 Å². The van der Waals surface area contributed by atoms with Crippen LogP contribution < -0.4 is 15.4 Å². The van der Waals surface area contributed by atoms with Crippen molar-refractivity contribution < 1.29 is 4.74 Å². The molecule has 1 fully saturated rings. The summed E-state index contributed by atoms with van der Waals surface area (Å²) in [6.07, 6.45) is 5.22. The van der Waals surface area contributed by atoms with Crippen molar-refractivity contribution in [2.75, 3.05) is 13.7 Å². The van der Waals surface area contributed by atoms with Crippen LogP contribution in [0.1, 0.15) is 48.3 Å². The van der Waals surface area contributed by atoms with Crippen LogP contribution in [-0.4, -0.2) is 25.7 Å². The summed E-state index contributed by atoms with van der Waals surface area (Å²) in [6.45, 7) is 1.69. The summed E-state index contributed by atoms with van der Waals surface area (Å²) >= 11 is 0. The van der Waals surface area contributed by atoms with E-state index in [-0.39, 0.29) is 0 Å². The number of rotatable bonds is 10. The van der Waals surface area contributed by atoms with Gasteiger partial charge in [0, 0.05) is 36.7 Å². The van der Waals surface area contributed by atoms with Gasteiger partial charge in [0.15, 0.2) is 0 Å². The topological polar surface area (TPSA) is 33.3 Å². The highest BCUT2D eigenvalue weighted by Gasteiger charge is 2.28. The van der Waals surface area contributed by atoms with Gasteiger partial charge in [-0.3, -0.25) is 0 Å². The van der Waals surface area contributed by atoms with Gasteiger partial charge in [0.25, 0.3) is 0 Å². The Balaban J connectivity index is 1.57. The van der Waals surface area contributed by atoms with Crippen molar-refractivity contribution >= 4 is 0 Å². The maximum absolute atomic E-state index is 5.54. The molecule has 3 nitrogen and oxygen atoms in total. The summed E-state index contributed by atoms with van der Waals surface area (Å²) in [4.78, 5) is 0. The van der Waals surface area contributed by atoms with E-state index in [0.29, 0.717) is 18.0 Å². The number of hydrogen-bond donors (Lipinski definition) is 2. The second-order valence-electron chi connectivity index (χ2n) is 8.50. The Morgan fingerprint density at radius 2 is 1.39 bits per heavy atom. The third-order valence-electron chi connectivity index (χ3n) is 6.40. The Bertz CT molecular complexity index is 867. The van der Waals surface area contributed by atoms with E-state index in [2.05, 4.69) is 83.4 Å². The molecule has 0 aromatic heterocycles. The molecule has 1 atom stereocenters. The van der Waals surface area contributed by atoms with Gasteiger partial charge >= 0.3 is 0 Å². The van der Waals surface area contributed by atoms with Crippen LogP contribution >= 0.6 is 0 Å². The molecule has 0 radical (unpaired) electrons. The number of nitrogens with one attached hydrogen (secondary N) is 2. The van der Waals surface area contributed by atoms with Crippen LogP contribution in [0, 0.1) is 0 Å². The molecule has 0 amide bonds. The summed E-state index contributed by atoms with van der Waals surface area (Å²) in [7, 11) is 1.74. The quantitative estimate of drug-likeness (QED) is 0.458. The Kier molecular flexibility index (Phi) is 7.76. The second kappa shape index (κ2) is 11.1. The average Bonchev–Trinajstić information content (AvgIpc) is 3.34. The number of ether oxygens (including phenoxy) is 1. The maximum atomic E-state index is 5.54. The van der Waals surface area contributed by atoms with Crippen molar-refractivity contribution in [3.63, 3.8) is 0 Å². The minimum Gasteiger partial charge on any atom is -0.496 e. The Hall–Kier alpha value is -2.62. The van der Waals surface area contributed by atoms with Gasteiger partial charge in [-0.2, -0.15) is 0 Å². The first-order valence-electron chi connectivity index (χ1n) is 11.5. The highest BCUT2D eigenvalue weighted by atomic mass is 16.5. The molecule has 1 aliphatic rings. The van der Waals surface area contributed by atoms with E-state index in [1.807, 2.05) is 12.1 Å². The fourth-order valence-electron chi connectivity index (χ4n) is 4.86. The molecule has 1 aliphatic carbocycles. The fourth-order valence-corrected chi connectivity index (χ4v) is 4.86. The third kappa shape index (κ3) is 5.75. The normalized spacial score (nSPS) is 15.3. The molecular formula is C28H34N2O. The van der Waals surface area contributed by atoms with E-state index in [1.165, 1.54) is 42.4 Å². The highest BCUT2D eigenvalue weighted by molar-refractivity contribution is 5.35. The molecule has 0 saturated heterocycles. The van der Waals surface area contributed by atoms with Gasteiger partial charge < -0.3 is 15.4 Å². The van der Waals surface area contributed by atoms with E-state index < -0.39 is 0 Å². The van der Waals surface area contributed by atoms with Gasteiger partial charge in [-0.05, 0) is 30.0 Å². The molecule has 0 spiro atoms. The molecule has 3 heteroatoms. The number of para-hydroxylation sites is 1. The zero-order valence-electron chi connectivity index (χ0n) is 18.5. The van der Waals surface area contributed by atoms with Crippen LogP contribution in [0.15, 0.2) is 84.9 Å². The van der Waals surface area contributed by atoms with Crippen molar-refractivity contribution in [1.82, 2.24) is 10.6 Å². The number of methoxy groups -OCH3 is 1. The molecule has 4 rings (SSSR count). The van der Waals surface area contributed by atoms with Gasteiger partial charge in [-0.1, -0.05) is 91.7 Å². The average molecular weight is 415 g/mol. The van der Waals surface area contributed by atoms with Gasteiger partial charge in [-0.25, -0.2) is 0 Å². The Morgan fingerprint density at radius 3 is 2.00 bits per heavy atom. The fraction of sp³-hybridized carbons (Fsp3) is 0.357. The van der Waals surface area contributed by atoms with Crippen molar-refractivity contribution in [1.29, 1.82) is 0 Å². The predicted molar refractivity (Wildman–Crippen MR) is 129 cm³/mol. The van der Waals surface area contributed by atoms with Crippen LogP contribution in [0.2, 0.25) is 0 Å². The first kappa shape index (κ1) is 21.6. The molecule has 0 aliphatic heterocycles. The lowest BCUT2D eigenvalue weighted by molar-refractivity contribution is 0.377. The van der Waals surface area contributed by atoms with Crippen molar-refractivity contribution in [3.8, 4) is 5.75 Å². The first-order valence-corrected chi connectivity index (χ1v) is 11.5. The summed E-state index contributed by atoms with van der Waals surface area (Å²) in [5.41, 5.74) is 3.92. The molecule has 3 aromatic rings. The number of hydrogen-bond acceptors (Lipinski definition) is 3. The predicted octanol–water partition coefficient (Wildman–Crippen LogP) is 5.52. The molecule has 0 heterocycles. The molecule has 1 saturated carbocycles. The largest absolute Gasteiger partial charge is 0.496 e. The van der Waals surface area contributed by atoms with Crippen LogP contribution in [-0.2, 0) is 6.54 Å². The monoisotopic (exact) mass is 414 g/mol. The number of benzene rings is 3. The highest BCUT2D eigenvalue weighted by Crippen LogP contribution is 2.30. The second-order valence-corrected chi connectivity index (χ2v) is 8.50. The smallest absolute Gasteiger partial charge is 0.123 e. The van der Waals surface area contributed by atoms with E-state index >= 15 is 0 Å². The van der Waals surface area contributed by atoms with Crippen LogP contribution in [0.3, 0.4) is 0 Å². The molecule has 31 heavy (non-hydrogen) atoms. The lowest BCUT2D eigenvalue weighted by atomic mass is 9.84. The maximum Gasteiger partial charge on any atom is 0.123 e. The lowest BCUT2D eigenvalue weighted by Crippen LogP contribution is -2.47. The summed E-state index contributed by atoms with van der Waals surface area (Å²) in [5, 5.41) is 7.76. The Labute approximate surface area is 186 Å². The van der Waals surface area contributed by atoms with Crippen molar-refractivity contribution in [2.45, 2.75) is 50.2 Å². The Morgan fingerprint density at radius 1 is 0.806 bits per heavy atom. The molecule has 1 unspecified atom stereocenters. The minimum absolute atomic E-state index is 0.299. The molecule has 3 aromatic carbocycles. The van der Waals surface area contributed by atoms with E-state index in [4.69, 9.17) is 4.74 Å². The third-order valence-corrected chi connectivity index (χ3v) is 6.40. The van der Waals surface area contributed by atoms with Crippen LogP contribution in [0.4, 0.5) is 0 Å². The van der Waals surface area contributed by atoms with Crippen LogP contribution in [0.5, 0.6) is 5.75 Å². The van der Waals surface area contributed by atoms with E-state index in [0.717, 1.165) is 18.8 Å². The SMILES string of the molecule is COc1ccccc1CNCC(NC1CCCC1)C(c1ccccc1)c1ccccc1. The van der Waals surface area contributed by atoms with Crippen molar-refractivity contribution in [2.24, 2.45) is 0 Å². The first-order chi connectivity index (χ1) is 15.3. The van der Waals surface area contributed by atoms with Crippen molar-refractivity contribution in [3.05, 3.63) is 102 Å². The molecule has 2 N–H and O–H groups in total. The lowest BCUT2D eigenvalue weighted by Gasteiger charge is -2.32. The van der Waals surface area contributed by atoms with Gasteiger partial charge in [0.05, 0.1) is 7.11 Å². The van der Waals surface area contributed by atoms with Crippen LogP contribution in [0.25, 0.3) is 0 Å².